The molecule has 7 nitrogen and oxygen atoms in total. The molecular formula is C12H14F3N5O2S. The second kappa shape index (κ2) is 6.64. The standard InChI is InChI=1S/C12H14F3N5O2S/c1-8-17-11(19-18-8)10(9-5-3-2-4-6-9)20-23(21,22)16-7-12(13,14)15/h2-6,10,16,20H,7H2,1H3,(H,17,18,19). The summed E-state index contributed by atoms with van der Waals surface area (Å²) < 4.78 is 63.8. The van der Waals surface area contributed by atoms with Gasteiger partial charge >= 0.3 is 6.18 Å². The summed E-state index contributed by atoms with van der Waals surface area (Å²) in [5, 5.41) is 6.44. The molecule has 2 aromatic rings. The lowest BCUT2D eigenvalue weighted by atomic mass is 10.1. The van der Waals surface area contributed by atoms with Crippen LogP contribution in [0.5, 0.6) is 0 Å². The third-order valence-electron chi connectivity index (χ3n) is 2.74. The monoisotopic (exact) mass is 349 g/mol. The Hall–Kier alpha value is -1.98. The summed E-state index contributed by atoms with van der Waals surface area (Å²) in [7, 11) is -4.41. The van der Waals surface area contributed by atoms with Gasteiger partial charge in [-0.3, -0.25) is 5.10 Å². The van der Waals surface area contributed by atoms with Gasteiger partial charge in [-0.1, -0.05) is 30.3 Å². The van der Waals surface area contributed by atoms with Crippen molar-refractivity contribution < 1.29 is 21.6 Å². The number of aryl methyl sites for hydroxylation is 1. The summed E-state index contributed by atoms with van der Waals surface area (Å²) in [6, 6.07) is 7.26. The molecule has 0 aliphatic carbocycles. The van der Waals surface area contributed by atoms with Crippen molar-refractivity contribution in [2.45, 2.75) is 19.1 Å². The van der Waals surface area contributed by atoms with E-state index in [0.717, 1.165) is 0 Å². The van der Waals surface area contributed by atoms with E-state index < -0.39 is 29.0 Å². The third kappa shape index (κ3) is 5.30. The molecule has 0 aliphatic heterocycles. The Morgan fingerprint density at radius 3 is 2.43 bits per heavy atom. The van der Waals surface area contributed by atoms with Crippen LogP contribution in [0.25, 0.3) is 0 Å². The molecule has 0 saturated carbocycles. The molecule has 0 aliphatic rings. The summed E-state index contributed by atoms with van der Waals surface area (Å²) in [4.78, 5) is 4.04. The topological polar surface area (TPSA) is 99.8 Å². The number of alkyl halides is 3. The van der Waals surface area contributed by atoms with E-state index in [1.807, 2.05) is 0 Å². The molecule has 0 fully saturated rings. The van der Waals surface area contributed by atoms with Crippen molar-refractivity contribution in [2.24, 2.45) is 0 Å². The molecule has 2 rings (SSSR count). The van der Waals surface area contributed by atoms with E-state index in [1.54, 1.807) is 37.3 Å². The Labute approximate surface area is 130 Å². The summed E-state index contributed by atoms with van der Waals surface area (Å²) in [5.74, 6) is 0.550. The highest BCUT2D eigenvalue weighted by Crippen LogP contribution is 2.20. The molecule has 0 amide bonds. The summed E-state index contributed by atoms with van der Waals surface area (Å²) in [6.07, 6.45) is -4.65. The minimum Gasteiger partial charge on any atom is -0.263 e. The van der Waals surface area contributed by atoms with E-state index in [9.17, 15) is 21.6 Å². The number of H-pyrrole nitrogens is 1. The molecule has 1 atom stereocenters. The number of nitrogens with one attached hydrogen (secondary N) is 3. The van der Waals surface area contributed by atoms with Crippen LogP contribution in [-0.2, 0) is 10.2 Å². The molecule has 1 aromatic heterocycles. The Kier molecular flexibility index (Phi) is 5.02. The molecule has 126 valence electrons. The van der Waals surface area contributed by atoms with Gasteiger partial charge in [0, 0.05) is 0 Å². The molecular weight excluding hydrogens is 335 g/mol. The van der Waals surface area contributed by atoms with Crippen LogP contribution >= 0.6 is 0 Å². The predicted molar refractivity (Wildman–Crippen MR) is 75.5 cm³/mol. The number of hydrogen-bond donors (Lipinski definition) is 3. The zero-order valence-corrected chi connectivity index (χ0v) is 12.7. The number of halogens is 3. The van der Waals surface area contributed by atoms with E-state index in [0.29, 0.717) is 11.4 Å². The molecule has 0 radical (unpaired) electrons. The fourth-order valence-electron chi connectivity index (χ4n) is 1.78. The van der Waals surface area contributed by atoms with Crippen molar-refractivity contribution in [2.75, 3.05) is 6.54 Å². The molecule has 0 saturated heterocycles. The maximum atomic E-state index is 12.2. The lowest BCUT2D eigenvalue weighted by Gasteiger charge is -2.17. The molecule has 3 N–H and O–H groups in total. The highest BCUT2D eigenvalue weighted by molar-refractivity contribution is 7.87. The minimum absolute atomic E-state index is 0.103. The molecule has 11 heteroatoms. The average molecular weight is 349 g/mol. The summed E-state index contributed by atoms with van der Waals surface area (Å²) >= 11 is 0. The van der Waals surface area contributed by atoms with Gasteiger partial charge in [-0.15, -0.1) is 0 Å². The van der Waals surface area contributed by atoms with Crippen LogP contribution in [0.2, 0.25) is 0 Å². The normalized spacial score (nSPS) is 13.9. The predicted octanol–water partition coefficient (Wildman–Crippen LogP) is 1.19. The highest BCUT2D eigenvalue weighted by atomic mass is 32.2. The van der Waals surface area contributed by atoms with E-state index in [4.69, 9.17) is 0 Å². The van der Waals surface area contributed by atoms with Gasteiger partial charge in [-0.25, -0.2) is 4.98 Å². The molecule has 1 heterocycles. The van der Waals surface area contributed by atoms with Crippen molar-refractivity contribution in [3.8, 4) is 0 Å². The molecule has 1 aromatic carbocycles. The third-order valence-corrected chi connectivity index (χ3v) is 3.81. The fraction of sp³-hybridized carbons (Fsp3) is 0.333. The van der Waals surface area contributed by atoms with E-state index in [2.05, 4.69) is 19.9 Å². The van der Waals surface area contributed by atoms with Crippen molar-refractivity contribution in [1.82, 2.24) is 24.6 Å². The lowest BCUT2D eigenvalue weighted by Crippen LogP contribution is -2.43. The van der Waals surface area contributed by atoms with Gasteiger partial charge in [0.05, 0.1) is 0 Å². The maximum absolute atomic E-state index is 12.2. The first-order chi connectivity index (χ1) is 10.7. The van der Waals surface area contributed by atoms with Crippen LogP contribution in [0.3, 0.4) is 0 Å². The van der Waals surface area contributed by atoms with Crippen LogP contribution in [0, 0.1) is 6.92 Å². The molecule has 0 spiro atoms. The lowest BCUT2D eigenvalue weighted by molar-refractivity contribution is -0.121. The summed E-state index contributed by atoms with van der Waals surface area (Å²) in [6.45, 7) is -0.0498. The first-order valence-electron chi connectivity index (χ1n) is 6.44. The van der Waals surface area contributed by atoms with Gasteiger partial charge in [0.25, 0.3) is 10.2 Å². The molecule has 1 unspecified atom stereocenters. The van der Waals surface area contributed by atoms with Crippen molar-refractivity contribution in [3.63, 3.8) is 0 Å². The maximum Gasteiger partial charge on any atom is 0.402 e. The van der Waals surface area contributed by atoms with Crippen molar-refractivity contribution >= 4 is 10.2 Å². The number of hydrogen-bond acceptors (Lipinski definition) is 4. The zero-order valence-electron chi connectivity index (χ0n) is 11.9. The number of nitrogens with zero attached hydrogens (tertiary/aromatic N) is 2. The van der Waals surface area contributed by atoms with Gasteiger partial charge in [-0.2, -0.15) is 36.1 Å². The number of aromatic nitrogens is 3. The van der Waals surface area contributed by atoms with Crippen LogP contribution in [-0.4, -0.2) is 36.3 Å². The number of aromatic amines is 1. The van der Waals surface area contributed by atoms with E-state index >= 15 is 0 Å². The van der Waals surface area contributed by atoms with Gasteiger partial charge in [0.1, 0.15) is 18.4 Å². The van der Waals surface area contributed by atoms with Crippen LogP contribution in [0.15, 0.2) is 30.3 Å². The molecule has 23 heavy (non-hydrogen) atoms. The van der Waals surface area contributed by atoms with Gasteiger partial charge in [-0.05, 0) is 12.5 Å². The van der Waals surface area contributed by atoms with Gasteiger partial charge in [0.2, 0.25) is 0 Å². The van der Waals surface area contributed by atoms with Crippen LogP contribution in [0.4, 0.5) is 13.2 Å². The Morgan fingerprint density at radius 1 is 1.26 bits per heavy atom. The zero-order chi connectivity index (χ0) is 17.1. The first-order valence-corrected chi connectivity index (χ1v) is 7.92. The second-order valence-corrected chi connectivity index (χ2v) is 6.21. The Bertz CT molecular complexity index is 746. The average Bonchev–Trinajstić information content (AvgIpc) is 2.90. The van der Waals surface area contributed by atoms with Gasteiger partial charge in [0.15, 0.2) is 5.82 Å². The van der Waals surface area contributed by atoms with Crippen molar-refractivity contribution in [3.05, 3.63) is 47.5 Å². The smallest absolute Gasteiger partial charge is 0.263 e. The number of rotatable bonds is 6. The van der Waals surface area contributed by atoms with E-state index in [-0.39, 0.29) is 5.82 Å². The summed E-state index contributed by atoms with van der Waals surface area (Å²) in [5.41, 5.74) is 0.490. The quantitative estimate of drug-likeness (QED) is 0.729. The van der Waals surface area contributed by atoms with E-state index in [1.165, 1.54) is 4.72 Å². The van der Waals surface area contributed by atoms with Gasteiger partial charge < -0.3 is 0 Å². The minimum atomic E-state index is -4.65. The SMILES string of the molecule is Cc1nc(C(NS(=O)(=O)NCC(F)(F)F)c2ccccc2)n[nH]1. The van der Waals surface area contributed by atoms with Crippen molar-refractivity contribution in [1.29, 1.82) is 0 Å². The van der Waals surface area contributed by atoms with Crippen LogP contribution < -0.4 is 9.44 Å². The first kappa shape index (κ1) is 17.4. The fourth-order valence-corrected chi connectivity index (χ4v) is 2.77. The molecule has 0 bridgehead atoms. The Balaban J connectivity index is 2.25. The second-order valence-electron chi connectivity index (χ2n) is 4.68. The highest BCUT2D eigenvalue weighted by Gasteiger charge is 2.31. The Morgan fingerprint density at radius 2 is 1.91 bits per heavy atom. The number of benzene rings is 1. The largest absolute Gasteiger partial charge is 0.402 e. The van der Waals surface area contributed by atoms with Crippen LogP contribution in [0.1, 0.15) is 23.3 Å².